The van der Waals surface area contributed by atoms with Crippen molar-refractivity contribution in [1.29, 1.82) is 0 Å². The van der Waals surface area contributed by atoms with E-state index in [0.29, 0.717) is 5.92 Å². The lowest BCUT2D eigenvalue weighted by molar-refractivity contribution is 0.158. The third-order valence-corrected chi connectivity index (χ3v) is 3.36. The maximum Gasteiger partial charge on any atom is 0.0589 e. The van der Waals surface area contributed by atoms with Gasteiger partial charge in [-0.05, 0) is 43.6 Å². The molecule has 0 heterocycles. The molecule has 1 aromatic carbocycles. The molecule has 0 aliphatic carbocycles. The largest absolute Gasteiger partial charge is 0.383 e. The van der Waals surface area contributed by atoms with Crippen LogP contribution in [0.2, 0.25) is 0 Å². The highest BCUT2D eigenvalue weighted by atomic mass is 16.5. The second kappa shape index (κ2) is 9.92. The first kappa shape index (κ1) is 17.2. The molecule has 0 aliphatic rings. The molecular weight excluding hydrogens is 248 g/mol. The molecule has 20 heavy (non-hydrogen) atoms. The summed E-state index contributed by atoms with van der Waals surface area (Å²) in [6.45, 7) is 9.37. The molecule has 0 unspecified atom stereocenters. The minimum Gasteiger partial charge on any atom is -0.383 e. The van der Waals surface area contributed by atoms with Crippen molar-refractivity contribution in [3.63, 3.8) is 0 Å². The number of ether oxygens (including phenoxy) is 1. The van der Waals surface area contributed by atoms with Crippen LogP contribution in [0.15, 0.2) is 24.3 Å². The molecule has 1 N–H and O–H groups in total. The van der Waals surface area contributed by atoms with Gasteiger partial charge in [-0.25, -0.2) is 0 Å². The SMILES string of the molecule is COCCN(C)Cc1ccccc1CCNCC(C)C. The van der Waals surface area contributed by atoms with Crippen LogP contribution in [0.4, 0.5) is 0 Å². The van der Waals surface area contributed by atoms with E-state index in [1.54, 1.807) is 7.11 Å². The number of hydrogen-bond donors (Lipinski definition) is 1. The van der Waals surface area contributed by atoms with Gasteiger partial charge in [-0.3, -0.25) is 4.90 Å². The molecule has 0 atom stereocenters. The predicted octanol–water partition coefficient (Wildman–Crippen LogP) is 2.55. The Kier molecular flexibility index (Phi) is 8.51. The monoisotopic (exact) mass is 278 g/mol. The number of hydrogen-bond acceptors (Lipinski definition) is 3. The van der Waals surface area contributed by atoms with E-state index in [0.717, 1.165) is 39.2 Å². The third kappa shape index (κ3) is 7.04. The molecule has 1 aromatic rings. The Balaban J connectivity index is 2.46. The fraction of sp³-hybridized carbons (Fsp3) is 0.647. The van der Waals surface area contributed by atoms with Crippen LogP contribution in [-0.4, -0.2) is 45.3 Å². The molecular formula is C17H30N2O. The van der Waals surface area contributed by atoms with Gasteiger partial charge in [0.05, 0.1) is 6.61 Å². The summed E-state index contributed by atoms with van der Waals surface area (Å²) in [5.41, 5.74) is 2.88. The summed E-state index contributed by atoms with van der Waals surface area (Å²) in [5, 5.41) is 3.51. The van der Waals surface area contributed by atoms with E-state index in [-0.39, 0.29) is 0 Å². The standard InChI is InChI=1S/C17H30N2O/c1-15(2)13-18-10-9-16-7-5-6-8-17(16)14-19(3)11-12-20-4/h5-8,15,18H,9-14H2,1-4H3. The van der Waals surface area contributed by atoms with Gasteiger partial charge in [0, 0.05) is 20.2 Å². The number of benzene rings is 1. The van der Waals surface area contributed by atoms with Crippen molar-refractivity contribution in [2.45, 2.75) is 26.8 Å². The van der Waals surface area contributed by atoms with E-state index in [4.69, 9.17) is 4.74 Å². The van der Waals surface area contributed by atoms with E-state index in [1.807, 2.05) is 0 Å². The van der Waals surface area contributed by atoms with Crippen LogP contribution in [0.5, 0.6) is 0 Å². The van der Waals surface area contributed by atoms with Gasteiger partial charge in [0.25, 0.3) is 0 Å². The van der Waals surface area contributed by atoms with Crippen LogP contribution in [0.3, 0.4) is 0 Å². The van der Waals surface area contributed by atoms with Crippen molar-refractivity contribution < 1.29 is 4.74 Å². The first-order valence-corrected chi connectivity index (χ1v) is 7.58. The zero-order valence-electron chi connectivity index (χ0n) is 13.5. The molecule has 114 valence electrons. The molecule has 1 rings (SSSR count). The van der Waals surface area contributed by atoms with Crippen molar-refractivity contribution in [3.05, 3.63) is 35.4 Å². The van der Waals surface area contributed by atoms with Crippen molar-refractivity contribution in [1.82, 2.24) is 10.2 Å². The molecule has 0 fully saturated rings. The second-order valence-electron chi connectivity index (χ2n) is 5.85. The van der Waals surface area contributed by atoms with E-state index in [9.17, 15) is 0 Å². The Morgan fingerprint density at radius 3 is 2.55 bits per heavy atom. The van der Waals surface area contributed by atoms with Crippen LogP contribution in [0.25, 0.3) is 0 Å². The Bertz CT molecular complexity index is 366. The molecule has 0 amide bonds. The number of nitrogens with one attached hydrogen (secondary N) is 1. The fourth-order valence-corrected chi connectivity index (χ4v) is 2.19. The maximum absolute atomic E-state index is 5.13. The van der Waals surface area contributed by atoms with E-state index >= 15 is 0 Å². The number of likely N-dealkylation sites (N-methyl/N-ethyl adjacent to an activating group) is 1. The second-order valence-corrected chi connectivity index (χ2v) is 5.85. The Labute approximate surface area is 124 Å². The van der Waals surface area contributed by atoms with Gasteiger partial charge in [0.15, 0.2) is 0 Å². The van der Waals surface area contributed by atoms with Crippen molar-refractivity contribution in [2.75, 3.05) is 40.4 Å². The topological polar surface area (TPSA) is 24.5 Å². The van der Waals surface area contributed by atoms with Crippen LogP contribution >= 0.6 is 0 Å². The highest BCUT2D eigenvalue weighted by molar-refractivity contribution is 5.27. The molecule has 0 saturated heterocycles. The average molecular weight is 278 g/mol. The molecule has 3 nitrogen and oxygen atoms in total. The number of nitrogens with zero attached hydrogens (tertiary/aromatic N) is 1. The van der Waals surface area contributed by atoms with Gasteiger partial charge in [-0.15, -0.1) is 0 Å². The summed E-state index contributed by atoms with van der Waals surface area (Å²) in [6.07, 6.45) is 1.10. The lowest BCUT2D eigenvalue weighted by Crippen LogP contribution is -2.24. The number of methoxy groups -OCH3 is 1. The Morgan fingerprint density at radius 2 is 1.90 bits per heavy atom. The quantitative estimate of drug-likeness (QED) is 0.666. The smallest absolute Gasteiger partial charge is 0.0589 e. The van der Waals surface area contributed by atoms with Gasteiger partial charge in [0.2, 0.25) is 0 Å². The van der Waals surface area contributed by atoms with Gasteiger partial charge < -0.3 is 10.1 Å². The summed E-state index contributed by atoms with van der Waals surface area (Å²) in [5.74, 6) is 0.713. The molecule has 0 aromatic heterocycles. The Morgan fingerprint density at radius 1 is 1.20 bits per heavy atom. The van der Waals surface area contributed by atoms with Crippen LogP contribution in [0, 0.1) is 5.92 Å². The molecule has 0 radical (unpaired) electrons. The lowest BCUT2D eigenvalue weighted by Gasteiger charge is -2.18. The van der Waals surface area contributed by atoms with Crippen molar-refractivity contribution in [3.8, 4) is 0 Å². The summed E-state index contributed by atoms with van der Waals surface area (Å²) >= 11 is 0. The average Bonchev–Trinajstić information content (AvgIpc) is 2.42. The van der Waals surface area contributed by atoms with Crippen molar-refractivity contribution in [2.24, 2.45) is 5.92 Å². The molecule has 3 heteroatoms. The first-order valence-electron chi connectivity index (χ1n) is 7.58. The third-order valence-electron chi connectivity index (χ3n) is 3.36. The first-order chi connectivity index (χ1) is 9.63. The molecule has 0 spiro atoms. The zero-order chi connectivity index (χ0) is 14.8. The van der Waals surface area contributed by atoms with E-state index < -0.39 is 0 Å². The molecule has 0 bridgehead atoms. The minimum atomic E-state index is 0.713. The zero-order valence-corrected chi connectivity index (χ0v) is 13.5. The van der Waals surface area contributed by atoms with Crippen LogP contribution < -0.4 is 5.32 Å². The van der Waals surface area contributed by atoms with Gasteiger partial charge in [-0.1, -0.05) is 38.1 Å². The predicted molar refractivity (Wildman–Crippen MR) is 86.1 cm³/mol. The van der Waals surface area contributed by atoms with Gasteiger partial charge in [-0.2, -0.15) is 0 Å². The molecule has 0 saturated carbocycles. The summed E-state index contributed by atoms with van der Waals surface area (Å²) in [6, 6.07) is 8.75. The van der Waals surface area contributed by atoms with Crippen LogP contribution in [0.1, 0.15) is 25.0 Å². The van der Waals surface area contributed by atoms with Gasteiger partial charge >= 0.3 is 0 Å². The van der Waals surface area contributed by atoms with E-state index in [2.05, 4.69) is 55.4 Å². The normalized spacial score (nSPS) is 11.5. The molecule has 0 aliphatic heterocycles. The lowest BCUT2D eigenvalue weighted by atomic mass is 10.0. The van der Waals surface area contributed by atoms with E-state index in [1.165, 1.54) is 11.1 Å². The van der Waals surface area contributed by atoms with Gasteiger partial charge in [0.1, 0.15) is 0 Å². The van der Waals surface area contributed by atoms with Crippen molar-refractivity contribution >= 4 is 0 Å². The number of rotatable bonds is 10. The van der Waals surface area contributed by atoms with Crippen LogP contribution in [-0.2, 0) is 17.7 Å². The summed E-state index contributed by atoms with van der Waals surface area (Å²) in [7, 11) is 3.90. The highest BCUT2D eigenvalue weighted by Gasteiger charge is 2.05. The minimum absolute atomic E-state index is 0.713. The summed E-state index contributed by atoms with van der Waals surface area (Å²) < 4.78 is 5.13. The Hall–Kier alpha value is -0.900. The fourth-order valence-electron chi connectivity index (χ4n) is 2.19. The maximum atomic E-state index is 5.13. The highest BCUT2D eigenvalue weighted by Crippen LogP contribution is 2.11. The summed E-state index contributed by atoms with van der Waals surface area (Å²) in [4.78, 5) is 2.31.